The Morgan fingerprint density at radius 1 is 1.08 bits per heavy atom. The van der Waals surface area contributed by atoms with Crippen LogP contribution >= 0.6 is 0 Å². The van der Waals surface area contributed by atoms with Crippen LogP contribution in [0.15, 0.2) is 12.2 Å². The fraction of sp³-hybridized carbons (Fsp3) is 0.588. The van der Waals surface area contributed by atoms with Gasteiger partial charge in [0.05, 0.1) is 19.8 Å². The standard InChI is InChI=1S/C17H23N5O2/c1-12(2)22-11-13-14(16(22)23)18-17(21-7-9-24-10-8-21)19-15(13)20-5-3-4-6-20/h3-4,12H,5-11H2,1-2H3. The van der Waals surface area contributed by atoms with E-state index in [0.717, 1.165) is 37.6 Å². The molecule has 0 N–H and O–H groups in total. The van der Waals surface area contributed by atoms with Crippen molar-refractivity contribution < 1.29 is 9.53 Å². The van der Waals surface area contributed by atoms with Crippen molar-refractivity contribution >= 4 is 17.7 Å². The van der Waals surface area contributed by atoms with E-state index in [-0.39, 0.29) is 11.9 Å². The molecule has 4 rings (SSSR count). The molecule has 0 saturated carbocycles. The third kappa shape index (κ3) is 2.53. The highest BCUT2D eigenvalue weighted by molar-refractivity contribution is 5.98. The molecule has 0 radical (unpaired) electrons. The van der Waals surface area contributed by atoms with Gasteiger partial charge in [-0.25, -0.2) is 4.98 Å². The van der Waals surface area contributed by atoms with E-state index in [0.29, 0.717) is 31.4 Å². The van der Waals surface area contributed by atoms with Crippen LogP contribution in [0.2, 0.25) is 0 Å². The van der Waals surface area contributed by atoms with Crippen LogP contribution in [0, 0.1) is 0 Å². The smallest absolute Gasteiger partial charge is 0.273 e. The normalized spacial score (nSPS) is 20.5. The number of carbonyl (C=O) groups excluding carboxylic acids is 1. The zero-order chi connectivity index (χ0) is 16.7. The molecule has 0 unspecified atom stereocenters. The number of aromatic nitrogens is 2. The Morgan fingerprint density at radius 2 is 1.79 bits per heavy atom. The minimum Gasteiger partial charge on any atom is -0.378 e. The lowest BCUT2D eigenvalue weighted by Gasteiger charge is -2.28. The SMILES string of the molecule is CC(C)N1Cc2c(nc(N3CCOCC3)nc2N2CC=CC2)C1=O. The first kappa shape index (κ1) is 15.4. The lowest BCUT2D eigenvalue weighted by atomic mass is 10.2. The van der Waals surface area contributed by atoms with Gasteiger partial charge in [-0.3, -0.25) is 4.79 Å². The summed E-state index contributed by atoms with van der Waals surface area (Å²) in [5.41, 5.74) is 1.54. The molecule has 1 amide bonds. The van der Waals surface area contributed by atoms with Gasteiger partial charge < -0.3 is 19.4 Å². The summed E-state index contributed by atoms with van der Waals surface area (Å²) >= 11 is 0. The van der Waals surface area contributed by atoms with Gasteiger partial charge in [-0.2, -0.15) is 4.98 Å². The van der Waals surface area contributed by atoms with Crippen molar-refractivity contribution in [2.45, 2.75) is 26.4 Å². The van der Waals surface area contributed by atoms with Gasteiger partial charge in [-0.1, -0.05) is 12.2 Å². The Kier molecular flexibility index (Phi) is 3.88. The largest absolute Gasteiger partial charge is 0.378 e. The zero-order valence-corrected chi connectivity index (χ0v) is 14.2. The maximum Gasteiger partial charge on any atom is 0.273 e. The zero-order valence-electron chi connectivity index (χ0n) is 14.2. The van der Waals surface area contributed by atoms with Crippen LogP contribution in [-0.2, 0) is 11.3 Å². The van der Waals surface area contributed by atoms with Crippen LogP contribution in [0.25, 0.3) is 0 Å². The molecule has 0 aromatic carbocycles. The summed E-state index contributed by atoms with van der Waals surface area (Å²) in [5.74, 6) is 1.58. The van der Waals surface area contributed by atoms with Gasteiger partial charge in [0, 0.05) is 37.8 Å². The minimum atomic E-state index is 0.0188. The van der Waals surface area contributed by atoms with Gasteiger partial charge in [0.2, 0.25) is 5.95 Å². The molecule has 0 aliphatic carbocycles. The second-order valence-electron chi connectivity index (χ2n) is 6.68. The van der Waals surface area contributed by atoms with Crippen molar-refractivity contribution in [1.82, 2.24) is 14.9 Å². The molecule has 128 valence electrons. The first-order valence-corrected chi connectivity index (χ1v) is 8.59. The van der Waals surface area contributed by atoms with E-state index in [1.165, 1.54) is 0 Å². The fourth-order valence-electron chi connectivity index (χ4n) is 3.40. The topological polar surface area (TPSA) is 61.8 Å². The van der Waals surface area contributed by atoms with Crippen LogP contribution < -0.4 is 9.80 Å². The maximum atomic E-state index is 12.8. The van der Waals surface area contributed by atoms with Crippen LogP contribution in [-0.4, -0.2) is 66.2 Å². The molecule has 0 spiro atoms. The number of morpholine rings is 1. The molecule has 7 heteroatoms. The molecule has 7 nitrogen and oxygen atoms in total. The molecule has 1 saturated heterocycles. The van der Waals surface area contributed by atoms with Gasteiger partial charge in [0.1, 0.15) is 11.5 Å². The first-order chi connectivity index (χ1) is 11.6. The van der Waals surface area contributed by atoms with Gasteiger partial charge in [-0.05, 0) is 13.8 Å². The number of hydrogen-bond acceptors (Lipinski definition) is 6. The van der Waals surface area contributed by atoms with E-state index in [9.17, 15) is 4.79 Å². The van der Waals surface area contributed by atoms with Crippen LogP contribution in [0.1, 0.15) is 29.9 Å². The predicted octanol–water partition coefficient (Wildman–Crippen LogP) is 1.05. The Hall–Kier alpha value is -2.15. The van der Waals surface area contributed by atoms with Crippen molar-refractivity contribution in [3.8, 4) is 0 Å². The molecule has 3 aliphatic rings. The molecule has 1 aromatic rings. The summed E-state index contributed by atoms with van der Waals surface area (Å²) < 4.78 is 5.42. The number of amides is 1. The number of anilines is 2. The molecule has 3 aliphatic heterocycles. The summed E-state index contributed by atoms with van der Waals surface area (Å²) in [4.78, 5) is 28.5. The van der Waals surface area contributed by atoms with Crippen LogP contribution in [0.4, 0.5) is 11.8 Å². The van der Waals surface area contributed by atoms with E-state index in [1.807, 2.05) is 18.7 Å². The van der Waals surface area contributed by atoms with Gasteiger partial charge >= 0.3 is 0 Å². The van der Waals surface area contributed by atoms with E-state index in [1.54, 1.807) is 0 Å². The molecule has 4 heterocycles. The van der Waals surface area contributed by atoms with E-state index < -0.39 is 0 Å². The number of ether oxygens (including phenoxy) is 1. The maximum absolute atomic E-state index is 12.8. The van der Waals surface area contributed by atoms with Crippen molar-refractivity contribution in [1.29, 1.82) is 0 Å². The summed E-state index contributed by atoms with van der Waals surface area (Å²) in [6, 6.07) is 0.156. The average molecular weight is 329 g/mol. The Morgan fingerprint density at radius 3 is 2.46 bits per heavy atom. The number of carbonyl (C=O) groups is 1. The second-order valence-corrected chi connectivity index (χ2v) is 6.68. The monoisotopic (exact) mass is 329 g/mol. The highest BCUT2D eigenvalue weighted by Gasteiger charge is 2.36. The Balaban J connectivity index is 1.76. The van der Waals surface area contributed by atoms with Crippen molar-refractivity contribution in [3.63, 3.8) is 0 Å². The van der Waals surface area contributed by atoms with Crippen molar-refractivity contribution in [2.24, 2.45) is 0 Å². The summed E-state index contributed by atoms with van der Waals surface area (Å²) in [7, 11) is 0. The molecular formula is C17H23N5O2. The van der Waals surface area contributed by atoms with E-state index in [2.05, 4.69) is 26.9 Å². The Bertz CT molecular complexity index is 674. The highest BCUT2D eigenvalue weighted by Crippen LogP contribution is 2.33. The molecule has 0 bridgehead atoms. The highest BCUT2D eigenvalue weighted by atomic mass is 16.5. The van der Waals surface area contributed by atoms with Crippen molar-refractivity contribution in [2.75, 3.05) is 49.2 Å². The Labute approximate surface area is 141 Å². The van der Waals surface area contributed by atoms with E-state index in [4.69, 9.17) is 9.72 Å². The third-order valence-corrected chi connectivity index (χ3v) is 4.80. The minimum absolute atomic E-state index is 0.0188. The number of rotatable bonds is 3. The number of nitrogens with zero attached hydrogens (tertiary/aromatic N) is 5. The molecule has 24 heavy (non-hydrogen) atoms. The third-order valence-electron chi connectivity index (χ3n) is 4.80. The second kappa shape index (κ2) is 6.05. The van der Waals surface area contributed by atoms with Gasteiger partial charge in [0.25, 0.3) is 5.91 Å². The molecular weight excluding hydrogens is 306 g/mol. The quantitative estimate of drug-likeness (QED) is 0.773. The van der Waals surface area contributed by atoms with Crippen LogP contribution in [0.5, 0.6) is 0 Å². The van der Waals surface area contributed by atoms with Crippen molar-refractivity contribution in [3.05, 3.63) is 23.4 Å². The molecule has 0 atom stereocenters. The fourth-order valence-corrected chi connectivity index (χ4v) is 3.40. The summed E-state index contributed by atoms with van der Waals surface area (Å²) in [5, 5.41) is 0. The summed E-state index contributed by atoms with van der Waals surface area (Å²) in [6.45, 7) is 9.22. The van der Waals surface area contributed by atoms with Gasteiger partial charge in [-0.15, -0.1) is 0 Å². The lowest BCUT2D eigenvalue weighted by molar-refractivity contribution is 0.0726. The number of hydrogen-bond donors (Lipinski definition) is 0. The summed E-state index contributed by atoms with van der Waals surface area (Å²) in [6.07, 6.45) is 4.28. The molecule has 1 aromatic heterocycles. The average Bonchev–Trinajstić information content (AvgIpc) is 3.23. The van der Waals surface area contributed by atoms with Gasteiger partial charge in [0.15, 0.2) is 0 Å². The first-order valence-electron chi connectivity index (χ1n) is 8.59. The molecule has 1 fully saturated rings. The van der Waals surface area contributed by atoms with E-state index >= 15 is 0 Å². The predicted molar refractivity (Wildman–Crippen MR) is 91.4 cm³/mol. The lowest BCUT2D eigenvalue weighted by Crippen LogP contribution is -2.38. The number of fused-ring (bicyclic) bond motifs is 1. The van der Waals surface area contributed by atoms with Crippen LogP contribution in [0.3, 0.4) is 0 Å².